The van der Waals surface area contributed by atoms with Gasteiger partial charge in [-0.15, -0.1) is 0 Å². The van der Waals surface area contributed by atoms with E-state index in [2.05, 4.69) is 38.6 Å². The van der Waals surface area contributed by atoms with E-state index in [0.717, 1.165) is 54.5 Å². The molecule has 1 aliphatic heterocycles. The van der Waals surface area contributed by atoms with Gasteiger partial charge in [0.2, 0.25) is 5.95 Å². The summed E-state index contributed by atoms with van der Waals surface area (Å²) in [5.74, 6) is 1.02. The van der Waals surface area contributed by atoms with Crippen molar-refractivity contribution in [3.05, 3.63) is 41.2 Å². The molecule has 3 aromatic rings. The molecule has 1 aliphatic carbocycles. The van der Waals surface area contributed by atoms with E-state index in [1.807, 2.05) is 6.07 Å². The van der Waals surface area contributed by atoms with E-state index in [9.17, 15) is 8.42 Å². The van der Waals surface area contributed by atoms with Crippen LogP contribution in [0.15, 0.2) is 24.5 Å². The maximum absolute atomic E-state index is 12.9. The van der Waals surface area contributed by atoms with Crippen LogP contribution in [0, 0.1) is 5.92 Å². The highest BCUT2D eigenvalue weighted by molar-refractivity contribution is 7.87. The smallest absolute Gasteiger partial charge is 0.309 e. The van der Waals surface area contributed by atoms with Crippen LogP contribution < -0.4 is 15.7 Å². The molecule has 1 aromatic carbocycles. The second kappa shape index (κ2) is 9.63. The molecular formula is C24H32N6O4S. The van der Waals surface area contributed by atoms with Crippen molar-refractivity contribution < 1.29 is 17.3 Å². The minimum absolute atomic E-state index is 0.0464. The van der Waals surface area contributed by atoms with Gasteiger partial charge < -0.3 is 25.0 Å². The van der Waals surface area contributed by atoms with Gasteiger partial charge in [0, 0.05) is 55.9 Å². The average molecular weight is 501 g/mol. The van der Waals surface area contributed by atoms with Crippen molar-refractivity contribution in [2.75, 3.05) is 43.5 Å². The third kappa shape index (κ3) is 5.52. The SMILES string of the molecule is CCn1cc(CN2CCOCC2)c2c(OS(=O)(=O)CC3CC3)cc(Cc3cnc(N)nc3N)cc21. The highest BCUT2D eigenvalue weighted by Gasteiger charge is 2.30. The summed E-state index contributed by atoms with van der Waals surface area (Å²) in [5, 5.41) is 0.836. The van der Waals surface area contributed by atoms with E-state index in [1.54, 1.807) is 6.20 Å². The van der Waals surface area contributed by atoms with E-state index < -0.39 is 10.1 Å². The predicted molar refractivity (Wildman–Crippen MR) is 135 cm³/mol. The molecule has 0 unspecified atom stereocenters. The van der Waals surface area contributed by atoms with Gasteiger partial charge in [0.1, 0.15) is 5.82 Å². The summed E-state index contributed by atoms with van der Waals surface area (Å²) in [6.45, 7) is 6.57. The molecule has 2 aliphatic rings. The Hall–Kier alpha value is -2.89. The number of nitrogen functional groups attached to an aromatic ring is 2. The number of morpholine rings is 1. The minimum Gasteiger partial charge on any atom is -0.383 e. The van der Waals surface area contributed by atoms with Crippen LogP contribution in [-0.2, 0) is 34.4 Å². The monoisotopic (exact) mass is 500 g/mol. The van der Waals surface area contributed by atoms with Gasteiger partial charge >= 0.3 is 10.1 Å². The van der Waals surface area contributed by atoms with Crippen molar-refractivity contribution in [1.82, 2.24) is 19.4 Å². The fraction of sp³-hybridized carbons (Fsp3) is 0.500. The third-order valence-corrected chi connectivity index (χ3v) is 7.90. The first-order valence-electron chi connectivity index (χ1n) is 12.0. The molecule has 2 fully saturated rings. The van der Waals surface area contributed by atoms with Crippen molar-refractivity contribution >= 4 is 32.8 Å². The van der Waals surface area contributed by atoms with Crippen molar-refractivity contribution in [2.45, 2.75) is 39.3 Å². The van der Waals surface area contributed by atoms with Crippen LogP contribution in [0.2, 0.25) is 0 Å². The van der Waals surface area contributed by atoms with Crippen LogP contribution in [-0.4, -0.2) is 59.9 Å². The number of aromatic nitrogens is 3. The van der Waals surface area contributed by atoms with Crippen molar-refractivity contribution in [1.29, 1.82) is 0 Å². The molecule has 1 saturated carbocycles. The van der Waals surface area contributed by atoms with Crippen LogP contribution in [0.25, 0.3) is 10.9 Å². The maximum Gasteiger partial charge on any atom is 0.309 e. The van der Waals surface area contributed by atoms with Crippen LogP contribution >= 0.6 is 0 Å². The zero-order valence-electron chi connectivity index (χ0n) is 19.9. The predicted octanol–water partition coefficient (Wildman–Crippen LogP) is 2.16. The second-order valence-corrected chi connectivity index (χ2v) is 11.0. The Bertz CT molecular complexity index is 1330. The number of benzene rings is 1. The molecule has 1 saturated heterocycles. The Labute approximate surface area is 205 Å². The van der Waals surface area contributed by atoms with Gasteiger partial charge in [0.05, 0.1) is 24.5 Å². The fourth-order valence-electron chi connectivity index (χ4n) is 4.61. The van der Waals surface area contributed by atoms with E-state index >= 15 is 0 Å². The van der Waals surface area contributed by atoms with Gasteiger partial charge in [0.25, 0.3) is 0 Å². The Kier molecular flexibility index (Phi) is 6.56. The zero-order chi connectivity index (χ0) is 24.6. The average Bonchev–Trinajstić information content (AvgIpc) is 3.54. The summed E-state index contributed by atoms with van der Waals surface area (Å²) in [5.41, 5.74) is 15.3. The van der Waals surface area contributed by atoms with E-state index in [0.29, 0.717) is 43.3 Å². The molecule has 3 heterocycles. The molecule has 10 nitrogen and oxygen atoms in total. The summed E-state index contributed by atoms with van der Waals surface area (Å²) in [7, 11) is -3.72. The summed E-state index contributed by atoms with van der Waals surface area (Å²) in [4.78, 5) is 10.4. The lowest BCUT2D eigenvalue weighted by Gasteiger charge is -2.26. The fourth-order valence-corrected chi connectivity index (χ4v) is 6.00. The zero-order valence-corrected chi connectivity index (χ0v) is 20.8. The Morgan fingerprint density at radius 3 is 2.63 bits per heavy atom. The summed E-state index contributed by atoms with van der Waals surface area (Å²) in [6.07, 6.45) is 6.00. The number of fused-ring (bicyclic) bond motifs is 1. The summed E-state index contributed by atoms with van der Waals surface area (Å²) < 4.78 is 39.3. The lowest BCUT2D eigenvalue weighted by molar-refractivity contribution is 0.0343. The van der Waals surface area contributed by atoms with Crippen LogP contribution in [0.1, 0.15) is 36.5 Å². The highest BCUT2D eigenvalue weighted by atomic mass is 32.2. The first-order valence-corrected chi connectivity index (χ1v) is 13.6. The lowest BCUT2D eigenvalue weighted by atomic mass is 10.0. The molecule has 4 N–H and O–H groups in total. The topological polar surface area (TPSA) is 139 Å². The van der Waals surface area contributed by atoms with Gasteiger partial charge in [-0.25, -0.2) is 4.98 Å². The summed E-state index contributed by atoms with van der Waals surface area (Å²) in [6, 6.07) is 3.88. The second-order valence-electron chi connectivity index (χ2n) is 9.38. The standard InChI is InChI=1S/C24H32N6O4S/c1-2-30-14-19(13-29-5-7-33-8-6-29)22-20(30)10-17(9-18-12-27-24(26)28-23(18)25)11-21(22)34-35(31,32)15-16-3-4-16/h10-12,14,16H,2-9,13,15H2,1H3,(H4,25,26,27,28). The normalized spacial score (nSPS) is 17.2. The van der Waals surface area contributed by atoms with Crippen LogP contribution in [0.3, 0.4) is 0 Å². The number of rotatable bonds is 9. The minimum atomic E-state index is -3.72. The van der Waals surface area contributed by atoms with E-state index in [1.165, 1.54) is 0 Å². The molecular weight excluding hydrogens is 468 g/mol. The molecule has 0 radical (unpaired) electrons. The lowest BCUT2D eigenvalue weighted by Crippen LogP contribution is -2.35. The molecule has 0 spiro atoms. The highest BCUT2D eigenvalue weighted by Crippen LogP contribution is 2.37. The number of aryl methyl sites for hydroxylation is 1. The Balaban J connectivity index is 1.58. The molecule has 188 valence electrons. The first kappa shape index (κ1) is 23.8. The number of ether oxygens (including phenoxy) is 1. The molecule has 0 bridgehead atoms. The number of hydrogen-bond acceptors (Lipinski definition) is 9. The van der Waals surface area contributed by atoms with Gasteiger partial charge in [-0.3, -0.25) is 4.90 Å². The van der Waals surface area contributed by atoms with Crippen molar-refractivity contribution in [3.8, 4) is 5.75 Å². The van der Waals surface area contributed by atoms with Crippen LogP contribution in [0.4, 0.5) is 11.8 Å². The van der Waals surface area contributed by atoms with Gasteiger partial charge in [-0.1, -0.05) is 0 Å². The largest absolute Gasteiger partial charge is 0.383 e. The van der Waals surface area contributed by atoms with Gasteiger partial charge in [0.15, 0.2) is 5.75 Å². The molecule has 35 heavy (non-hydrogen) atoms. The van der Waals surface area contributed by atoms with E-state index in [-0.39, 0.29) is 17.6 Å². The van der Waals surface area contributed by atoms with E-state index in [4.69, 9.17) is 20.4 Å². The van der Waals surface area contributed by atoms with Gasteiger partial charge in [-0.05, 0) is 48.9 Å². The van der Waals surface area contributed by atoms with Crippen molar-refractivity contribution in [2.24, 2.45) is 5.92 Å². The Morgan fingerprint density at radius 2 is 1.94 bits per heavy atom. The van der Waals surface area contributed by atoms with Crippen LogP contribution in [0.5, 0.6) is 5.75 Å². The first-order chi connectivity index (χ1) is 16.8. The Morgan fingerprint density at radius 1 is 1.17 bits per heavy atom. The molecule has 5 rings (SSSR count). The number of nitrogens with zero attached hydrogens (tertiary/aromatic N) is 4. The third-order valence-electron chi connectivity index (χ3n) is 6.59. The molecule has 11 heteroatoms. The number of hydrogen-bond donors (Lipinski definition) is 2. The molecule has 0 atom stereocenters. The van der Waals surface area contributed by atoms with Gasteiger partial charge in [-0.2, -0.15) is 13.4 Å². The quantitative estimate of drug-likeness (QED) is 0.423. The summed E-state index contributed by atoms with van der Waals surface area (Å²) >= 11 is 0. The number of nitrogens with two attached hydrogens (primary N) is 2. The maximum atomic E-state index is 12.9. The molecule has 2 aromatic heterocycles. The molecule has 0 amide bonds. The number of anilines is 2. The van der Waals surface area contributed by atoms with Crippen molar-refractivity contribution in [3.63, 3.8) is 0 Å².